The summed E-state index contributed by atoms with van der Waals surface area (Å²) in [5, 5.41) is 2.35. The number of hydrogen-bond donors (Lipinski definition) is 1. The number of nitrogens with one attached hydrogen (secondary N) is 1. The Labute approximate surface area is 148 Å². The number of hydrogen-bond acceptors (Lipinski definition) is 3. The third-order valence-corrected chi connectivity index (χ3v) is 4.06. The molecule has 3 rings (SSSR count). The number of nitrogens with zero attached hydrogens (tertiary/aromatic N) is 2. The van der Waals surface area contributed by atoms with Crippen LogP contribution in [0.1, 0.15) is 17.7 Å². The zero-order valence-corrected chi connectivity index (χ0v) is 14.1. The number of aromatic nitrogens is 1. The molecule has 26 heavy (non-hydrogen) atoms. The number of amides is 2. The summed E-state index contributed by atoms with van der Waals surface area (Å²) < 4.78 is 44.8. The highest BCUT2D eigenvalue weighted by molar-refractivity contribution is 5.90. The van der Waals surface area contributed by atoms with Gasteiger partial charge < -0.3 is 15.0 Å². The second kappa shape index (κ2) is 7.23. The number of aryl methyl sites for hydroxylation is 1. The number of alkyl halides is 3. The molecule has 1 aliphatic heterocycles. The molecule has 1 unspecified atom stereocenters. The fraction of sp³-hybridized carbons (Fsp3) is 0.333. The molecule has 1 aliphatic rings. The van der Waals surface area contributed by atoms with Crippen LogP contribution in [0.15, 0.2) is 42.5 Å². The van der Waals surface area contributed by atoms with Crippen molar-refractivity contribution < 1.29 is 22.7 Å². The minimum absolute atomic E-state index is 0.243. The van der Waals surface area contributed by atoms with Gasteiger partial charge in [0.05, 0.1) is 17.8 Å². The van der Waals surface area contributed by atoms with Gasteiger partial charge in [0.25, 0.3) is 0 Å². The van der Waals surface area contributed by atoms with Gasteiger partial charge in [-0.25, -0.2) is 9.78 Å². The highest BCUT2D eigenvalue weighted by Crippen LogP contribution is 2.34. The molecule has 1 N–H and O–H groups in total. The first-order chi connectivity index (χ1) is 12.3. The Morgan fingerprint density at radius 3 is 2.73 bits per heavy atom. The van der Waals surface area contributed by atoms with Gasteiger partial charge in [-0.1, -0.05) is 18.2 Å². The van der Waals surface area contributed by atoms with Crippen LogP contribution >= 0.6 is 0 Å². The number of halogens is 3. The molecule has 2 amide bonds. The van der Waals surface area contributed by atoms with Gasteiger partial charge in [0, 0.05) is 24.7 Å². The lowest BCUT2D eigenvalue weighted by atomic mass is 10.1. The van der Waals surface area contributed by atoms with E-state index >= 15 is 0 Å². The standard InChI is InChI=1S/C18H18F3N3O2/c1-12-5-4-8-16(22-12)26-13-9-10-24(11-13)17(25)23-15-7-3-2-6-14(15)18(19,20)21/h2-8,13H,9-11H2,1H3,(H,23,25). The maximum absolute atomic E-state index is 13.0. The minimum atomic E-state index is -4.53. The summed E-state index contributed by atoms with van der Waals surface area (Å²) in [5.74, 6) is 0.472. The monoisotopic (exact) mass is 365 g/mol. The van der Waals surface area contributed by atoms with Crippen molar-refractivity contribution in [3.63, 3.8) is 0 Å². The predicted molar refractivity (Wildman–Crippen MR) is 90.0 cm³/mol. The first-order valence-electron chi connectivity index (χ1n) is 8.15. The van der Waals surface area contributed by atoms with Crippen molar-refractivity contribution in [2.24, 2.45) is 0 Å². The van der Waals surface area contributed by atoms with Crippen LogP contribution in [0.2, 0.25) is 0 Å². The quantitative estimate of drug-likeness (QED) is 0.891. The van der Waals surface area contributed by atoms with Crippen molar-refractivity contribution in [2.45, 2.75) is 25.6 Å². The molecule has 1 fully saturated rings. The van der Waals surface area contributed by atoms with E-state index < -0.39 is 17.8 Å². The van der Waals surface area contributed by atoms with Gasteiger partial charge in [0.15, 0.2) is 0 Å². The SMILES string of the molecule is Cc1cccc(OC2CCN(C(=O)Nc3ccccc3C(F)(F)F)C2)n1. The van der Waals surface area contributed by atoms with Gasteiger partial charge >= 0.3 is 12.2 Å². The average molecular weight is 365 g/mol. The van der Waals surface area contributed by atoms with Crippen LogP contribution in [0.25, 0.3) is 0 Å². The summed E-state index contributed by atoms with van der Waals surface area (Å²) in [6, 6.07) is 9.73. The molecule has 0 bridgehead atoms. The lowest BCUT2D eigenvalue weighted by Gasteiger charge is -2.19. The molecule has 2 aromatic rings. The molecular formula is C18H18F3N3O2. The van der Waals surface area contributed by atoms with Gasteiger partial charge in [0.2, 0.25) is 5.88 Å². The molecule has 1 aromatic heterocycles. The molecule has 0 radical (unpaired) electrons. The van der Waals surface area contributed by atoms with E-state index in [9.17, 15) is 18.0 Å². The van der Waals surface area contributed by atoms with Crippen molar-refractivity contribution in [1.29, 1.82) is 0 Å². The van der Waals surface area contributed by atoms with E-state index in [1.54, 1.807) is 6.07 Å². The van der Waals surface area contributed by atoms with Crippen LogP contribution in [0, 0.1) is 6.92 Å². The maximum atomic E-state index is 13.0. The van der Waals surface area contributed by atoms with Crippen LogP contribution < -0.4 is 10.1 Å². The van der Waals surface area contributed by atoms with Crippen molar-refractivity contribution in [3.8, 4) is 5.88 Å². The van der Waals surface area contributed by atoms with Crippen molar-refractivity contribution >= 4 is 11.7 Å². The normalized spacial score (nSPS) is 17.2. The number of rotatable bonds is 3. The average Bonchev–Trinajstić information content (AvgIpc) is 3.03. The molecule has 5 nitrogen and oxygen atoms in total. The molecule has 0 spiro atoms. The van der Waals surface area contributed by atoms with E-state index in [2.05, 4.69) is 10.3 Å². The summed E-state index contributed by atoms with van der Waals surface area (Å²) in [7, 11) is 0. The molecular weight excluding hydrogens is 347 g/mol. The van der Waals surface area contributed by atoms with Gasteiger partial charge in [-0.2, -0.15) is 13.2 Å². The lowest BCUT2D eigenvalue weighted by molar-refractivity contribution is -0.136. The highest BCUT2D eigenvalue weighted by atomic mass is 19.4. The highest BCUT2D eigenvalue weighted by Gasteiger charge is 2.34. The van der Waals surface area contributed by atoms with E-state index in [1.165, 1.54) is 23.1 Å². The van der Waals surface area contributed by atoms with E-state index in [4.69, 9.17) is 4.74 Å². The smallest absolute Gasteiger partial charge is 0.418 e. The van der Waals surface area contributed by atoms with Gasteiger partial charge in [-0.15, -0.1) is 0 Å². The van der Waals surface area contributed by atoms with E-state index in [0.717, 1.165) is 11.8 Å². The molecule has 0 saturated carbocycles. The number of anilines is 1. The second-order valence-electron chi connectivity index (χ2n) is 6.07. The number of likely N-dealkylation sites (tertiary alicyclic amines) is 1. The summed E-state index contributed by atoms with van der Waals surface area (Å²) >= 11 is 0. The minimum Gasteiger partial charge on any atom is -0.472 e. The van der Waals surface area contributed by atoms with E-state index in [0.29, 0.717) is 18.8 Å². The summed E-state index contributed by atoms with van der Waals surface area (Å²) in [6.07, 6.45) is -4.19. The molecule has 0 aliphatic carbocycles. The molecule has 8 heteroatoms. The first-order valence-corrected chi connectivity index (χ1v) is 8.15. The molecule has 1 aromatic carbocycles. The summed E-state index contributed by atoms with van der Waals surface area (Å²) in [6.45, 7) is 2.53. The van der Waals surface area contributed by atoms with Crippen molar-refractivity contribution in [1.82, 2.24) is 9.88 Å². The largest absolute Gasteiger partial charge is 0.472 e. The Hall–Kier alpha value is -2.77. The van der Waals surface area contributed by atoms with Gasteiger partial charge in [0.1, 0.15) is 6.10 Å². The van der Waals surface area contributed by atoms with E-state index in [-0.39, 0.29) is 18.3 Å². The molecule has 1 atom stereocenters. The van der Waals surface area contributed by atoms with Crippen LogP contribution in [-0.4, -0.2) is 35.1 Å². The predicted octanol–water partition coefficient (Wildman–Crippen LogP) is 4.09. The number of carbonyl (C=O) groups is 1. The third-order valence-electron chi connectivity index (χ3n) is 4.06. The Morgan fingerprint density at radius 1 is 1.23 bits per heavy atom. The lowest BCUT2D eigenvalue weighted by Crippen LogP contribution is -2.35. The fourth-order valence-corrected chi connectivity index (χ4v) is 2.80. The molecule has 138 valence electrons. The number of carbonyl (C=O) groups excluding carboxylic acids is 1. The first kappa shape index (κ1) is 18.0. The topological polar surface area (TPSA) is 54.5 Å². The second-order valence-corrected chi connectivity index (χ2v) is 6.07. The van der Waals surface area contributed by atoms with Crippen molar-refractivity contribution in [3.05, 3.63) is 53.7 Å². The number of para-hydroxylation sites is 1. The number of ether oxygens (including phenoxy) is 1. The maximum Gasteiger partial charge on any atom is 0.418 e. The van der Waals surface area contributed by atoms with Gasteiger partial charge in [-0.05, 0) is 25.1 Å². The van der Waals surface area contributed by atoms with Crippen LogP contribution in [0.5, 0.6) is 5.88 Å². The summed E-state index contributed by atoms with van der Waals surface area (Å²) in [5.41, 5.74) is -0.308. The third kappa shape index (κ3) is 4.25. The van der Waals surface area contributed by atoms with Crippen LogP contribution in [-0.2, 0) is 6.18 Å². The Bertz CT molecular complexity index is 795. The van der Waals surface area contributed by atoms with Crippen LogP contribution in [0.4, 0.5) is 23.7 Å². The van der Waals surface area contributed by atoms with Gasteiger partial charge in [-0.3, -0.25) is 0 Å². The summed E-state index contributed by atoms with van der Waals surface area (Å²) in [4.78, 5) is 18.0. The van der Waals surface area contributed by atoms with E-state index in [1.807, 2.05) is 19.1 Å². The number of urea groups is 1. The molecule has 2 heterocycles. The Morgan fingerprint density at radius 2 is 2.00 bits per heavy atom. The Kier molecular flexibility index (Phi) is 5.01. The zero-order valence-electron chi connectivity index (χ0n) is 14.1. The number of benzene rings is 1. The Balaban J connectivity index is 1.62. The number of pyridine rings is 1. The zero-order chi connectivity index (χ0) is 18.7. The van der Waals surface area contributed by atoms with Crippen LogP contribution in [0.3, 0.4) is 0 Å². The van der Waals surface area contributed by atoms with Crippen molar-refractivity contribution in [2.75, 3.05) is 18.4 Å². The molecule has 1 saturated heterocycles. The fourth-order valence-electron chi connectivity index (χ4n) is 2.80.